The molecule has 0 N–H and O–H groups in total. The molecule has 0 unspecified atom stereocenters. The lowest BCUT2D eigenvalue weighted by Crippen LogP contribution is -2.22. The highest BCUT2D eigenvalue weighted by Gasteiger charge is 2.07. The van der Waals surface area contributed by atoms with Crippen molar-refractivity contribution in [2.45, 2.75) is 13.8 Å². The van der Waals surface area contributed by atoms with Gasteiger partial charge < -0.3 is 4.90 Å². The number of nitrogens with zero attached hydrogens (tertiary/aromatic N) is 2. The number of halogens is 2. The fraction of sp³-hybridized carbons (Fsp3) is 0.167. The van der Waals surface area contributed by atoms with Gasteiger partial charge in [0, 0.05) is 18.3 Å². The second-order valence-corrected chi connectivity index (χ2v) is 4.57. The lowest BCUT2D eigenvalue weighted by Gasteiger charge is -2.20. The van der Waals surface area contributed by atoms with Crippen LogP contribution in [0.3, 0.4) is 0 Å². The Morgan fingerprint density at radius 3 is 2.55 bits per heavy atom. The Morgan fingerprint density at radius 1 is 1.32 bits per heavy atom. The van der Waals surface area contributed by atoms with Crippen molar-refractivity contribution >= 4 is 17.6 Å². The number of allylic oxidation sites excluding steroid dienone is 4. The Labute approximate surface area is 130 Å². The van der Waals surface area contributed by atoms with Gasteiger partial charge in [-0.15, -0.1) is 0 Å². The Balaban J connectivity index is 3.18. The lowest BCUT2D eigenvalue weighted by atomic mass is 10.2. The lowest BCUT2D eigenvalue weighted by molar-refractivity contribution is 0.620. The largest absolute Gasteiger partial charge is 0.333 e. The first-order valence-corrected chi connectivity index (χ1v) is 6.79. The summed E-state index contributed by atoms with van der Waals surface area (Å²) in [6.45, 7) is 10.7. The SMILES string of the molecule is C=C/C(=C\C(F)=C/C)N(C)C(C)=Nc1ccc(F)cc1C=C. The van der Waals surface area contributed by atoms with Crippen LogP contribution in [0, 0.1) is 5.82 Å². The standard InChI is InChI=1S/C18H20F2N2/c1-6-14-11-16(20)9-10-18(14)21-13(4)22(5)17(8-3)12-15(19)7-2/h6-12H,1,3H2,2,4-5H3/b15-7+,17-12+,21-13?. The third kappa shape index (κ3) is 4.52. The molecule has 2 nitrogen and oxygen atoms in total. The number of benzene rings is 1. The van der Waals surface area contributed by atoms with E-state index in [9.17, 15) is 8.78 Å². The Hall–Kier alpha value is -2.49. The molecule has 0 heterocycles. The molecule has 0 amide bonds. The molecule has 0 fully saturated rings. The van der Waals surface area contributed by atoms with Crippen LogP contribution in [0.25, 0.3) is 6.08 Å². The predicted octanol–water partition coefficient (Wildman–Crippen LogP) is 5.39. The topological polar surface area (TPSA) is 15.6 Å². The molecule has 0 spiro atoms. The Bertz CT molecular complexity index is 655. The summed E-state index contributed by atoms with van der Waals surface area (Å²) in [6.07, 6.45) is 5.81. The molecule has 0 radical (unpaired) electrons. The summed E-state index contributed by atoms with van der Waals surface area (Å²) < 4.78 is 26.6. The molecule has 0 aliphatic carbocycles. The molecule has 116 valence electrons. The van der Waals surface area contributed by atoms with Gasteiger partial charge in [-0.1, -0.05) is 25.3 Å². The normalized spacial score (nSPS) is 13.0. The van der Waals surface area contributed by atoms with Crippen molar-refractivity contribution < 1.29 is 8.78 Å². The van der Waals surface area contributed by atoms with E-state index < -0.39 is 0 Å². The number of hydrogen-bond acceptors (Lipinski definition) is 1. The summed E-state index contributed by atoms with van der Waals surface area (Å²) in [7, 11) is 1.76. The maximum absolute atomic E-state index is 13.4. The number of likely N-dealkylation sites (N-methyl/N-ethyl adjacent to an activating group) is 1. The molecule has 4 heteroatoms. The Morgan fingerprint density at radius 2 is 2.00 bits per heavy atom. The highest BCUT2D eigenvalue weighted by molar-refractivity contribution is 5.85. The first-order valence-electron chi connectivity index (χ1n) is 6.79. The van der Waals surface area contributed by atoms with Crippen LogP contribution in [-0.4, -0.2) is 17.8 Å². The molecular weight excluding hydrogens is 282 g/mol. The zero-order chi connectivity index (χ0) is 16.7. The van der Waals surface area contributed by atoms with Gasteiger partial charge in [0.1, 0.15) is 17.5 Å². The average molecular weight is 302 g/mol. The molecule has 1 rings (SSSR count). The molecule has 0 aliphatic heterocycles. The van der Waals surface area contributed by atoms with Gasteiger partial charge in [0.2, 0.25) is 0 Å². The predicted molar refractivity (Wildman–Crippen MR) is 90.2 cm³/mol. The second-order valence-electron chi connectivity index (χ2n) is 4.57. The summed E-state index contributed by atoms with van der Waals surface area (Å²) in [5, 5.41) is 0. The molecule has 0 saturated heterocycles. The number of aliphatic imine (C=N–C) groups is 1. The number of rotatable bonds is 5. The third-order valence-corrected chi connectivity index (χ3v) is 3.14. The van der Waals surface area contributed by atoms with Crippen molar-refractivity contribution in [2.24, 2.45) is 4.99 Å². The Kier molecular flexibility index (Phi) is 6.45. The maximum Gasteiger partial charge on any atom is 0.123 e. The van der Waals surface area contributed by atoms with E-state index in [1.165, 1.54) is 24.3 Å². The van der Waals surface area contributed by atoms with Crippen LogP contribution in [-0.2, 0) is 0 Å². The van der Waals surface area contributed by atoms with E-state index in [1.807, 2.05) is 0 Å². The first-order chi connectivity index (χ1) is 10.4. The van der Waals surface area contributed by atoms with E-state index >= 15 is 0 Å². The average Bonchev–Trinajstić information content (AvgIpc) is 2.52. The fourth-order valence-corrected chi connectivity index (χ4v) is 1.74. The molecule has 1 aromatic carbocycles. The molecular formula is C18H20F2N2. The molecule has 0 atom stereocenters. The van der Waals surface area contributed by atoms with Crippen LogP contribution < -0.4 is 0 Å². The summed E-state index contributed by atoms with van der Waals surface area (Å²) in [6, 6.07) is 4.28. The molecule has 0 aliphatic rings. The fourth-order valence-electron chi connectivity index (χ4n) is 1.74. The minimum absolute atomic E-state index is 0.346. The minimum Gasteiger partial charge on any atom is -0.333 e. The summed E-state index contributed by atoms with van der Waals surface area (Å²) in [5.41, 5.74) is 1.76. The smallest absolute Gasteiger partial charge is 0.123 e. The van der Waals surface area contributed by atoms with E-state index in [0.717, 1.165) is 0 Å². The van der Waals surface area contributed by atoms with Gasteiger partial charge in [-0.3, -0.25) is 0 Å². The first kappa shape index (κ1) is 17.6. The highest BCUT2D eigenvalue weighted by Crippen LogP contribution is 2.22. The monoisotopic (exact) mass is 302 g/mol. The maximum atomic E-state index is 13.4. The molecule has 22 heavy (non-hydrogen) atoms. The van der Waals surface area contributed by atoms with Crippen molar-refractivity contribution in [1.82, 2.24) is 4.90 Å². The van der Waals surface area contributed by atoms with Gasteiger partial charge >= 0.3 is 0 Å². The van der Waals surface area contributed by atoms with Crippen molar-refractivity contribution in [3.05, 3.63) is 72.5 Å². The molecule has 0 aromatic heterocycles. The zero-order valence-corrected chi connectivity index (χ0v) is 13.1. The van der Waals surface area contributed by atoms with Gasteiger partial charge in [0.15, 0.2) is 0 Å². The summed E-state index contributed by atoms with van der Waals surface area (Å²) in [5.74, 6) is -0.0884. The van der Waals surface area contributed by atoms with Gasteiger partial charge in [-0.05, 0) is 44.2 Å². The highest BCUT2D eigenvalue weighted by atomic mass is 19.1. The zero-order valence-electron chi connectivity index (χ0n) is 13.1. The third-order valence-electron chi connectivity index (χ3n) is 3.14. The molecule has 1 aromatic rings. The number of hydrogen-bond donors (Lipinski definition) is 0. The van der Waals surface area contributed by atoms with Gasteiger partial charge in [-0.25, -0.2) is 13.8 Å². The molecule has 0 saturated carbocycles. The van der Waals surface area contributed by atoms with Gasteiger partial charge in [-0.2, -0.15) is 0 Å². The van der Waals surface area contributed by atoms with E-state index in [-0.39, 0.29) is 11.6 Å². The second kappa shape index (κ2) is 8.08. The van der Waals surface area contributed by atoms with Crippen molar-refractivity contribution in [1.29, 1.82) is 0 Å². The van der Waals surface area contributed by atoms with E-state index in [1.54, 1.807) is 44.0 Å². The quantitative estimate of drug-likeness (QED) is 0.404. The summed E-state index contributed by atoms with van der Waals surface area (Å²) in [4.78, 5) is 6.15. The van der Waals surface area contributed by atoms with Crippen LogP contribution in [0.5, 0.6) is 0 Å². The van der Waals surface area contributed by atoms with E-state index in [4.69, 9.17) is 0 Å². The van der Waals surface area contributed by atoms with Crippen LogP contribution in [0.15, 0.2) is 66.1 Å². The van der Waals surface area contributed by atoms with E-state index in [2.05, 4.69) is 18.2 Å². The van der Waals surface area contributed by atoms with Gasteiger partial charge in [0.25, 0.3) is 0 Å². The molecule has 0 bridgehead atoms. The number of amidine groups is 1. The van der Waals surface area contributed by atoms with Gasteiger partial charge in [0.05, 0.1) is 5.69 Å². The van der Waals surface area contributed by atoms with Crippen LogP contribution in [0.2, 0.25) is 0 Å². The summed E-state index contributed by atoms with van der Waals surface area (Å²) >= 11 is 0. The minimum atomic E-state index is -0.358. The van der Waals surface area contributed by atoms with Crippen LogP contribution in [0.1, 0.15) is 19.4 Å². The van der Waals surface area contributed by atoms with Crippen LogP contribution >= 0.6 is 0 Å². The van der Waals surface area contributed by atoms with Crippen molar-refractivity contribution in [3.63, 3.8) is 0 Å². The van der Waals surface area contributed by atoms with E-state index in [0.29, 0.717) is 22.8 Å². The van der Waals surface area contributed by atoms with Crippen LogP contribution in [0.4, 0.5) is 14.5 Å². The van der Waals surface area contributed by atoms with Crippen molar-refractivity contribution in [2.75, 3.05) is 7.05 Å². The van der Waals surface area contributed by atoms with Crippen molar-refractivity contribution in [3.8, 4) is 0 Å².